The first-order valence-electron chi connectivity index (χ1n) is 9.14. The van der Waals surface area contributed by atoms with Crippen molar-refractivity contribution in [2.75, 3.05) is 26.7 Å². The average molecular weight is 358 g/mol. The van der Waals surface area contributed by atoms with Gasteiger partial charge in [-0.05, 0) is 37.5 Å². The summed E-state index contributed by atoms with van der Waals surface area (Å²) in [4.78, 5) is 36.3. The van der Waals surface area contributed by atoms with Gasteiger partial charge in [-0.2, -0.15) is 0 Å². The van der Waals surface area contributed by atoms with Gasteiger partial charge in [0.05, 0.1) is 16.4 Å². The van der Waals surface area contributed by atoms with Gasteiger partial charge in [0.15, 0.2) is 0 Å². The number of H-pyrrole nitrogens is 1. The van der Waals surface area contributed by atoms with E-state index in [0.29, 0.717) is 42.8 Å². The largest absolute Gasteiger partial charge is 0.345 e. The van der Waals surface area contributed by atoms with Crippen LogP contribution >= 0.6 is 0 Å². The molecule has 2 aromatic rings. The second-order valence-electron chi connectivity index (χ2n) is 7.52. The Labute approximate surface area is 151 Å². The number of imidazole rings is 1. The van der Waals surface area contributed by atoms with Crippen LogP contribution in [0.3, 0.4) is 0 Å². The molecular formula is C19H23FN4O2. The molecule has 4 rings (SSSR count). The summed E-state index contributed by atoms with van der Waals surface area (Å²) in [5.74, 6) is 0.600. The van der Waals surface area contributed by atoms with Crippen molar-refractivity contribution < 1.29 is 14.0 Å². The molecule has 2 amide bonds. The van der Waals surface area contributed by atoms with Gasteiger partial charge >= 0.3 is 0 Å². The molecular weight excluding hydrogens is 335 g/mol. The summed E-state index contributed by atoms with van der Waals surface area (Å²) >= 11 is 0. The molecule has 1 aromatic heterocycles. The third kappa shape index (κ3) is 2.95. The van der Waals surface area contributed by atoms with Crippen LogP contribution in [0.15, 0.2) is 18.2 Å². The number of fused-ring (bicyclic) bond motifs is 1. The van der Waals surface area contributed by atoms with Crippen molar-refractivity contribution in [3.05, 3.63) is 29.8 Å². The highest BCUT2D eigenvalue weighted by atomic mass is 19.1. The van der Waals surface area contributed by atoms with Crippen molar-refractivity contribution in [3.8, 4) is 0 Å². The van der Waals surface area contributed by atoms with Gasteiger partial charge in [0.2, 0.25) is 11.8 Å². The van der Waals surface area contributed by atoms with E-state index in [4.69, 9.17) is 0 Å². The maximum atomic E-state index is 13.3. The first-order chi connectivity index (χ1) is 12.5. The lowest BCUT2D eigenvalue weighted by molar-refractivity contribution is -0.144. The number of nitrogens with one attached hydrogen (secondary N) is 1. The summed E-state index contributed by atoms with van der Waals surface area (Å²) in [6.07, 6.45) is 3.44. The number of likely N-dealkylation sites (tertiary alicyclic amines) is 2. The molecule has 6 nitrogen and oxygen atoms in total. The van der Waals surface area contributed by atoms with E-state index >= 15 is 0 Å². The van der Waals surface area contributed by atoms with E-state index in [1.54, 1.807) is 11.0 Å². The summed E-state index contributed by atoms with van der Waals surface area (Å²) in [5.41, 5.74) is 0.966. The quantitative estimate of drug-likeness (QED) is 0.914. The molecule has 3 heterocycles. The topological polar surface area (TPSA) is 69.3 Å². The van der Waals surface area contributed by atoms with Gasteiger partial charge in [-0.3, -0.25) is 9.59 Å². The number of benzene rings is 1. The van der Waals surface area contributed by atoms with Crippen molar-refractivity contribution in [3.63, 3.8) is 0 Å². The minimum absolute atomic E-state index is 0.0505. The highest BCUT2D eigenvalue weighted by Crippen LogP contribution is 2.39. The highest BCUT2D eigenvalue weighted by molar-refractivity contribution is 5.86. The first-order valence-corrected chi connectivity index (χ1v) is 9.14. The Balaban J connectivity index is 1.38. The molecule has 1 N–H and O–H groups in total. The number of nitrogens with zero attached hydrogens (tertiary/aromatic N) is 3. The number of carbonyl (C=O) groups is 2. The Bertz CT molecular complexity index is 864. The summed E-state index contributed by atoms with van der Waals surface area (Å²) in [6, 6.07) is 4.41. The molecule has 0 saturated carbocycles. The zero-order valence-corrected chi connectivity index (χ0v) is 14.9. The molecule has 2 saturated heterocycles. The van der Waals surface area contributed by atoms with E-state index in [-0.39, 0.29) is 23.0 Å². The minimum atomic E-state index is -0.375. The lowest BCUT2D eigenvalue weighted by Crippen LogP contribution is -2.48. The molecule has 7 heteroatoms. The number of hydrogen-bond acceptors (Lipinski definition) is 3. The van der Waals surface area contributed by atoms with Crippen LogP contribution in [0.4, 0.5) is 4.39 Å². The zero-order valence-electron chi connectivity index (χ0n) is 14.9. The monoisotopic (exact) mass is 358 g/mol. The number of rotatable bonds is 3. The molecule has 0 radical (unpaired) electrons. The predicted octanol–water partition coefficient (Wildman–Crippen LogP) is 2.11. The molecule has 0 bridgehead atoms. The van der Waals surface area contributed by atoms with E-state index in [1.807, 2.05) is 11.9 Å². The molecule has 1 spiro atoms. The number of aromatic nitrogens is 2. The van der Waals surface area contributed by atoms with Crippen LogP contribution in [0.5, 0.6) is 0 Å². The van der Waals surface area contributed by atoms with E-state index in [2.05, 4.69) is 9.97 Å². The van der Waals surface area contributed by atoms with E-state index in [0.717, 1.165) is 25.8 Å². The molecule has 2 fully saturated rings. The van der Waals surface area contributed by atoms with Crippen LogP contribution in [0, 0.1) is 11.2 Å². The number of carbonyl (C=O) groups excluding carboxylic acids is 2. The van der Waals surface area contributed by atoms with Crippen LogP contribution in [0.1, 0.15) is 31.5 Å². The lowest BCUT2D eigenvalue weighted by atomic mass is 9.78. The van der Waals surface area contributed by atoms with Gasteiger partial charge in [-0.1, -0.05) is 0 Å². The molecule has 2 aliphatic heterocycles. The van der Waals surface area contributed by atoms with Crippen molar-refractivity contribution in [1.82, 2.24) is 19.8 Å². The van der Waals surface area contributed by atoms with E-state index < -0.39 is 0 Å². The highest BCUT2D eigenvalue weighted by Gasteiger charge is 2.48. The second-order valence-corrected chi connectivity index (χ2v) is 7.52. The fraction of sp³-hybridized carbons (Fsp3) is 0.526. The average Bonchev–Trinajstić information content (AvgIpc) is 3.22. The van der Waals surface area contributed by atoms with Crippen molar-refractivity contribution >= 4 is 22.8 Å². The molecule has 0 aliphatic carbocycles. The number of aryl methyl sites for hydroxylation is 1. The molecule has 2 aliphatic rings. The van der Waals surface area contributed by atoms with Crippen LogP contribution in [0.2, 0.25) is 0 Å². The zero-order chi connectivity index (χ0) is 18.3. The van der Waals surface area contributed by atoms with Crippen molar-refractivity contribution in [2.24, 2.45) is 5.41 Å². The van der Waals surface area contributed by atoms with Crippen LogP contribution in [-0.2, 0) is 16.0 Å². The molecule has 1 unspecified atom stereocenters. The molecule has 1 atom stereocenters. The number of amides is 2. The number of piperidine rings is 1. The summed E-state index contributed by atoms with van der Waals surface area (Å²) in [6.45, 7) is 1.98. The molecule has 1 aromatic carbocycles. The van der Waals surface area contributed by atoms with Crippen LogP contribution in [0.25, 0.3) is 11.0 Å². The standard InChI is InChI=1S/C19H23FN4O2/c1-23-9-2-7-19(18(23)26)8-10-24(12-19)17(25)6-5-16-21-14-4-3-13(20)11-15(14)22-16/h3-4,11H,2,5-10,12H2,1H3,(H,21,22). The number of aromatic amines is 1. The molecule has 138 valence electrons. The Morgan fingerprint density at radius 2 is 2.19 bits per heavy atom. The molecule has 26 heavy (non-hydrogen) atoms. The predicted molar refractivity (Wildman–Crippen MR) is 94.9 cm³/mol. The fourth-order valence-corrected chi connectivity index (χ4v) is 4.27. The number of hydrogen-bond donors (Lipinski definition) is 1. The maximum absolute atomic E-state index is 13.3. The lowest BCUT2D eigenvalue weighted by Gasteiger charge is -2.37. The number of halogens is 1. The van der Waals surface area contributed by atoms with Gasteiger partial charge in [-0.25, -0.2) is 9.37 Å². The van der Waals surface area contributed by atoms with E-state index in [9.17, 15) is 14.0 Å². The Morgan fingerprint density at radius 1 is 1.35 bits per heavy atom. The summed E-state index contributed by atoms with van der Waals surface area (Å²) in [7, 11) is 1.85. The maximum Gasteiger partial charge on any atom is 0.230 e. The Morgan fingerprint density at radius 3 is 3.04 bits per heavy atom. The van der Waals surface area contributed by atoms with E-state index in [1.165, 1.54) is 12.1 Å². The van der Waals surface area contributed by atoms with Gasteiger partial charge in [0.25, 0.3) is 0 Å². The van der Waals surface area contributed by atoms with Gasteiger partial charge in [0, 0.05) is 39.5 Å². The Kier molecular flexibility index (Phi) is 4.17. The van der Waals surface area contributed by atoms with Gasteiger partial charge in [-0.15, -0.1) is 0 Å². The van der Waals surface area contributed by atoms with Gasteiger partial charge in [0.1, 0.15) is 11.6 Å². The van der Waals surface area contributed by atoms with Crippen LogP contribution < -0.4 is 0 Å². The van der Waals surface area contributed by atoms with Crippen LogP contribution in [-0.4, -0.2) is 58.3 Å². The van der Waals surface area contributed by atoms with Crippen molar-refractivity contribution in [2.45, 2.75) is 32.1 Å². The third-order valence-corrected chi connectivity index (χ3v) is 5.72. The fourth-order valence-electron chi connectivity index (χ4n) is 4.27. The Hall–Kier alpha value is -2.44. The SMILES string of the molecule is CN1CCCC2(CCN(C(=O)CCc3nc4ccc(F)cc4[nH]3)C2)C1=O. The minimum Gasteiger partial charge on any atom is -0.345 e. The normalized spacial score (nSPS) is 23.4. The van der Waals surface area contributed by atoms with Gasteiger partial charge < -0.3 is 14.8 Å². The first kappa shape index (κ1) is 17.0. The van der Waals surface area contributed by atoms with Crippen molar-refractivity contribution in [1.29, 1.82) is 0 Å². The second kappa shape index (κ2) is 6.37. The summed E-state index contributed by atoms with van der Waals surface area (Å²) < 4.78 is 13.3. The third-order valence-electron chi connectivity index (χ3n) is 5.72. The smallest absolute Gasteiger partial charge is 0.230 e. The summed E-state index contributed by atoms with van der Waals surface area (Å²) in [5, 5.41) is 0.